The lowest BCUT2D eigenvalue weighted by Crippen LogP contribution is -2.25. The molecule has 24 heavy (non-hydrogen) atoms. The summed E-state index contributed by atoms with van der Waals surface area (Å²) in [6.45, 7) is 0.137. The molecule has 0 saturated heterocycles. The van der Waals surface area contributed by atoms with E-state index in [0.717, 1.165) is 22.0 Å². The number of benzene rings is 3. The Morgan fingerprint density at radius 3 is 2.58 bits per heavy atom. The monoisotopic (exact) mass is 337 g/mol. The first-order valence-corrected chi connectivity index (χ1v) is 7.89. The van der Waals surface area contributed by atoms with Crippen LogP contribution in [0, 0.1) is 0 Å². The van der Waals surface area contributed by atoms with Gasteiger partial charge in [-0.3, -0.25) is 4.79 Å². The van der Waals surface area contributed by atoms with Crippen LogP contribution < -0.4 is 10.7 Å². The summed E-state index contributed by atoms with van der Waals surface area (Å²) in [5.74, 6) is -0.230. The van der Waals surface area contributed by atoms with Crippen LogP contribution in [0.25, 0.3) is 10.8 Å². The SMILES string of the molecule is O=C(CNc1ccc2ccccc2c1)N/N=C/c1ccccc1Cl. The van der Waals surface area contributed by atoms with Gasteiger partial charge in [0.05, 0.1) is 12.8 Å². The number of carbonyl (C=O) groups is 1. The number of rotatable bonds is 5. The number of anilines is 1. The van der Waals surface area contributed by atoms with Crippen molar-refractivity contribution in [3.63, 3.8) is 0 Å². The number of carbonyl (C=O) groups excluding carboxylic acids is 1. The first-order valence-electron chi connectivity index (χ1n) is 7.51. The van der Waals surface area contributed by atoms with Crippen molar-refractivity contribution < 1.29 is 4.79 Å². The molecular formula is C19H16ClN3O. The highest BCUT2D eigenvalue weighted by atomic mass is 35.5. The summed E-state index contributed by atoms with van der Waals surface area (Å²) >= 11 is 6.01. The first kappa shape index (κ1) is 16.0. The zero-order valence-electron chi connectivity index (χ0n) is 12.9. The van der Waals surface area contributed by atoms with Crippen molar-refractivity contribution in [3.05, 3.63) is 77.3 Å². The van der Waals surface area contributed by atoms with Gasteiger partial charge in [-0.15, -0.1) is 0 Å². The lowest BCUT2D eigenvalue weighted by molar-refractivity contribution is -0.119. The summed E-state index contributed by atoms with van der Waals surface area (Å²) in [7, 11) is 0. The van der Waals surface area contributed by atoms with Crippen molar-refractivity contribution in [2.24, 2.45) is 5.10 Å². The average Bonchev–Trinajstić information content (AvgIpc) is 2.61. The molecule has 2 N–H and O–H groups in total. The van der Waals surface area contributed by atoms with Gasteiger partial charge in [-0.2, -0.15) is 5.10 Å². The summed E-state index contributed by atoms with van der Waals surface area (Å²) in [5, 5.41) is 9.88. The Bertz CT molecular complexity index is 892. The second-order valence-corrected chi connectivity index (χ2v) is 5.64. The Balaban J connectivity index is 1.54. The van der Waals surface area contributed by atoms with Gasteiger partial charge in [-0.1, -0.05) is 60.1 Å². The maximum absolute atomic E-state index is 11.8. The molecule has 0 fully saturated rings. The molecule has 0 saturated carbocycles. The molecule has 0 aliphatic carbocycles. The van der Waals surface area contributed by atoms with Gasteiger partial charge < -0.3 is 5.32 Å². The van der Waals surface area contributed by atoms with Crippen LogP contribution in [0.2, 0.25) is 5.02 Å². The fourth-order valence-electron chi connectivity index (χ4n) is 2.27. The highest BCUT2D eigenvalue weighted by molar-refractivity contribution is 6.33. The minimum Gasteiger partial charge on any atom is -0.376 e. The van der Waals surface area contributed by atoms with Gasteiger partial charge >= 0.3 is 0 Å². The lowest BCUT2D eigenvalue weighted by atomic mass is 10.1. The fourth-order valence-corrected chi connectivity index (χ4v) is 2.46. The Kier molecular flexibility index (Phi) is 5.08. The molecule has 3 rings (SSSR count). The number of fused-ring (bicyclic) bond motifs is 1. The van der Waals surface area contributed by atoms with Gasteiger partial charge in [0, 0.05) is 16.3 Å². The standard InChI is InChI=1S/C19H16ClN3O/c20-18-8-4-3-7-16(18)12-22-23-19(24)13-21-17-10-9-14-5-1-2-6-15(14)11-17/h1-12,21H,13H2,(H,23,24)/b22-12+. The van der Waals surface area contributed by atoms with E-state index in [1.165, 1.54) is 6.21 Å². The van der Waals surface area contributed by atoms with Crippen LogP contribution in [-0.2, 0) is 4.79 Å². The largest absolute Gasteiger partial charge is 0.376 e. The average molecular weight is 338 g/mol. The Morgan fingerprint density at radius 1 is 1.00 bits per heavy atom. The van der Waals surface area contributed by atoms with Gasteiger partial charge in [0.2, 0.25) is 0 Å². The van der Waals surface area contributed by atoms with Gasteiger partial charge in [-0.25, -0.2) is 5.43 Å². The molecule has 0 spiro atoms. The summed E-state index contributed by atoms with van der Waals surface area (Å²) in [6.07, 6.45) is 1.52. The molecule has 3 aromatic carbocycles. The number of hydrogen-bond acceptors (Lipinski definition) is 3. The van der Waals surface area contributed by atoms with Crippen LogP contribution >= 0.6 is 11.6 Å². The Labute approximate surface area is 145 Å². The number of nitrogens with one attached hydrogen (secondary N) is 2. The Hall–Kier alpha value is -2.85. The highest BCUT2D eigenvalue weighted by Crippen LogP contribution is 2.18. The van der Waals surface area contributed by atoms with Crippen LogP contribution in [-0.4, -0.2) is 18.7 Å². The number of nitrogens with zero attached hydrogens (tertiary/aromatic N) is 1. The third kappa shape index (κ3) is 4.12. The van der Waals surface area contributed by atoms with E-state index in [2.05, 4.69) is 21.9 Å². The highest BCUT2D eigenvalue weighted by Gasteiger charge is 2.01. The molecule has 5 heteroatoms. The third-order valence-electron chi connectivity index (χ3n) is 3.50. The van der Waals surface area contributed by atoms with Crippen molar-refractivity contribution in [1.29, 1.82) is 0 Å². The van der Waals surface area contributed by atoms with Crippen LogP contribution in [0.1, 0.15) is 5.56 Å². The van der Waals surface area contributed by atoms with E-state index in [0.29, 0.717) is 5.02 Å². The summed E-state index contributed by atoms with van der Waals surface area (Å²) < 4.78 is 0. The zero-order valence-corrected chi connectivity index (χ0v) is 13.6. The van der Waals surface area contributed by atoms with Crippen LogP contribution in [0.3, 0.4) is 0 Å². The minimum absolute atomic E-state index is 0.137. The van der Waals surface area contributed by atoms with Crippen LogP contribution in [0.5, 0.6) is 0 Å². The maximum atomic E-state index is 11.8. The molecule has 4 nitrogen and oxygen atoms in total. The fraction of sp³-hybridized carbons (Fsp3) is 0.0526. The normalized spacial score (nSPS) is 10.9. The summed E-state index contributed by atoms with van der Waals surface area (Å²) in [4.78, 5) is 11.8. The predicted molar refractivity (Wildman–Crippen MR) is 99.6 cm³/mol. The molecular weight excluding hydrogens is 322 g/mol. The third-order valence-corrected chi connectivity index (χ3v) is 3.84. The molecule has 0 heterocycles. The molecule has 1 amide bonds. The van der Waals surface area contributed by atoms with E-state index >= 15 is 0 Å². The number of halogens is 1. The maximum Gasteiger partial charge on any atom is 0.259 e. The number of amides is 1. The quantitative estimate of drug-likeness (QED) is 0.545. The second-order valence-electron chi connectivity index (χ2n) is 5.23. The smallest absolute Gasteiger partial charge is 0.259 e. The van der Waals surface area contributed by atoms with E-state index in [9.17, 15) is 4.79 Å². The summed E-state index contributed by atoms with van der Waals surface area (Å²) in [6, 6.07) is 21.3. The van der Waals surface area contributed by atoms with Gasteiger partial charge in [0.25, 0.3) is 5.91 Å². The molecule has 120 valence electrons. The molecule has 0 radical (unpaired) electrons. The van der Waals surface area contributed by atoms with E-state index < -0.39 is 0 Å². The van der Waals surface area contributed by atoms with E-state index in [-0.39, 0.29) is 12.5 Å². The van der Waals surface area contributed by atoms with E-state index in [1.54, 1.807) is 6.07 Å². The predicted octanol–water partition coefficient (Wildman–Crippen LogP) is 4.06. The number of hydrazone groups is 1. The van der Waals surface area contributed by atoms with Crippen LogP contribution in [0.15, 0.2) is 71.8 Å². The molecule has 0 unspecified atom stereocenters. The van der Waals surface area contributed by atoms with Gasteiger partial charge in [0.1, 0.15) is 0 Å². The molecule has 0 atom stereocenters. The van der Waals surface area contributed by atoms with E-state index in [1.807, 2.05) is 54.6 Å². The molecule has 0 aliphatic heterocycles. The zero-order chi connectivity index (χ0) is 16.8. The van der Waals surface area contributed by atoms with Gasteiger partial charge in [0.15, 0.2) is 0 Å². The van der Waals surface area contributed by atoms with E-state index in [4.69, 9.17) is 11.6 Å². The number of hydrogen-bond donors (Lipinski definition) is 2. The van der Waals surface area contributed by atoms with Crippen molar-refractivity contribution in [1.82, 2.24) is 5.43 Å². The van der Waals surface area contributed by atoms with Gasteiger partial charge in [-0.05, 0) is 29.0 Å². The minimum atomic E-state index is -0.230. The van der Waals surface area contributed by atoms with Crippen molar-refractivity contribution >= 4 is 40.2 Å². The van der Waals surface area contributed by atoms with Crippen LogP contribution in [0.4, 0.5) is 5.69 Å². The molecule has 0 bridgehead atoms. The molecule has 3 aromatic rings. The molecule has 0 aromatic heterocycles. The van der Waals surface area contributed by atoms with Crippen molar-refractivity contribution in [2.45, 2.75) is 0 Å². The van der Waals surface area contributed by atoms with Crippen molar-refractivity contribution in [2.75, 3.05) is 11.9 Å². The van der Waals surface area contributed by atoms with Crippen molar-refractivity contribution in [3.8, 4) is 0 Å². The topological polar surface area (TPSA) is 53.5 Å². The lowest BCUT2D eigenvalue weighted by Gasteiger charge is -2.06. The molecule has 0 aliphatic rings. The summed E-state index contributed by atoms with van der Waals surface area (Å²) in [5.41, 5.74) is 4.11. The first-order chi connectivity index (χ1) is 11.7. The second kappa shape index (κ2) is 7.62. The Morgan fingerprint density at radius 2 is 1.75 bits per heavy atom.